The first-order valence-corrected chi connectivity index (χ1v) is 27.0. The van der Waals surface area contributed by atoms with Crippen LogP contribution in [0.15, 0.2) is 235 Å². The fourth-order valence-corrected chi connectivity index (χ4v) is 15.4. The zero-order valence-corrected chi connectivity index (χ0v) is 41.3. The summed E-state index contributed by atoms with van der Waals surface area (Å²) in [6.07, 6.45) is 0. The third kappa shape index (κ3) is 5.56. The zero-order valence-electron chi connectivity index (χ0n) is 39.6. The van der Waals surface area contributed by atoms with Gasteiger partial charge in [0, 0.05) is 11.1 Å². The molecule has 0 N–H and O–H groups in total. The van der Waals surface area contributed by atoms with Crippen LogP contribution in [0.3, 0.4) is 0 Å². The second kappa shape index (κ2) is 15.3. The zero-order chi connectivity index (χ0) is 48.2. The third-order valence-corrected chi connectivity index (χ3v) is 18.3. The average molecular weight is 1010 g/mol. The molecule has 4 aliphatic heterocycles. The summed E-state index contributed by atoms with van der Waals surface area (Å²) in [7, 11) is 0. The second-order valence-electron chi connectivity index (χ2n) is 19.8. The summed E-state index contributed by atoms with van der Waals surface area (Å²) in [5.41, 5.74) is 19.8. The van der Waals surface area contributed by atoms with Crippen molar-refractivity contribution in [2.45, 2.75) is 0 Å². The molecule has 0 bridgehead atoms. The number of nitrogens with zero attached hydrogens (tertiary/aromatic N) is 2. The van der Waals surface area contributed by atoms with Gasteiger partial charge in [-0.3, -0.25) is 0 Å². The molecule has 13 aromatic rings. The number of furan rings is 1. The van der Waals surface area contributed by atoms with Gasteiger partial charge in [0.05, 0.1) is 0 Å². The summed E-state index contributed by atoms with van der Waals surface area (Å²) in [4.78, 5) is 5.06. The second-order valence-corrected chi connectivity index (χ2v) is 22.0. The predicted octanol–water partition coefficient (Wildman–Crippen LogP) is 13.1. The van der Waals surface area contributed by atoms with E-state index in [4.69, 9.17) is 13.9 Å². The molecule has 0 aliphatic carbocycles. The maximum atomic E-state index is 7.47. The van der Waals surface area contributed by atoms with Crippen molar-refractivity contribution in [3.8, 4) is 45.3 Å². The fourth-order valence-electron chi connectivity index (χ4n) is 13.0. The van der Waals surface area contributed by atoms with Crippen molar-refractivity contribution in [1.29, 1.82) is 0 Å². The normalized spacial score (nSPS) is 13.5. The Morgan fingerprint density at radius 1 is 0.365 bits per heavy atom. The smallest absolute Gasteiger partial charge is 0.0616 e. The molecule has 6 heterocycles. The van der Waals surface area contributed by atoms with Gasteiger partial charge in [-0.15, -0.1) is 0 Å². The van der Waals surface area contributed by atoms with Crippen LogP contribution in [0.25, 0.3) is 63.5 Å². The van der Waals surface area contributed by atoms with E-state index in [1.807, 2.05) is 0 Å². The van der Waals surface area contributed by atoms with E-state index in [1.165, 1.54) is 35.7 Å². The molecule has 342 valence electrons. The summed E-state index contributed by atoms with van der Waals surface area (Å²) in [6.45, 7) is -0.323. The van der Waals surface area contributed by atoms with Crippen LogP contribution >= 0.6 is 0 Å². The SMILES string of the molecule is c1ccc(-c2cccc(-c3ccccc3)c2N2c3cc4c(cc3B3c5ccccc5N(c5ccccc5)c5c3c2cc2oc3ccccc3c52)B2c3ccccc3Oc3c2c(cc2[se]c5ccccc5c32)O4)cc1. The summed E-state index contributed by atoms with van der Waals surface area (Å²) < 4.78 is 24.3. The van der Waals surface area contributed by atoms with Crippen molar-refractivity contribution in [3.05, 3.63) is 231 Å². The molecule has 0 spiro atoms. The number of para-hydroxylation sites is 5. The molecule has 0 radical (unpaired) electrons. The summed E-state index contributed by atoms with van der Waals surface area (Å²) >= 11 is 0.101. The molecule has 17 rings (SSSR count). The number of ether oxygens (including phenoxy) is 2. The van der Waals surface area contributed by atoms with E-state index < -0.39 is 0 Å². The Hall–Kier alpha value is -8.93. The maximum absolute atomic E-state index is 7.47. The van der Waals surface area contributed by atoms with Gasteiger partial charge in [0.1, 0.15) is 5.58 Å². The van der Waals surface area contributed by atoms with Crippen molar-refractivity contribution in [1.82, 2.24) is 0 Å². The Kier molecular flexibility index (Phi) is 8.40. The van der Waals surface area contributed by atoms with Gasteiger partial charge in [0.2, 0.25) is 0 Å². The molecule has 0 unspecified atom stereocenters. The Bertz CT molecular complexity index is 4480. The number of hydrogen-bond donors (Lipinski definition) is 0. The topological polar surface area (TPSA) is 38.1 Å². The van der Waals surface area contributed by atoms with E-state index in [2.05, 4.69) is 240 Å². The van der Waals surface area contributed by atoms with E-state index in [1.54, 1.807) is 0 Å². The number of benzene rings is 11. The van der Waals surface area contributed by atoms with Crippen molar-refractivity contribution < 1.29 is 13.9 Å². The number of anilines is 6. The Morgan fingerprint density at radius 2 is 1.03 bits per heavy atom. The summed E-state index contributed by atoms with van der Waals surface area (Å²) in [6, 6.07) is 83.9. The summed E-state index contributed by atoms with van der Waals surface area (Å²) in [5, 5.41) is 4.65. The molecule has 4 aliphatic rings. The van der Waals surface area contributed by atoms with E-state index in [9.17, 15) is 0 Å². The van der Waals surface area contributed by atoms with Gasteiger partial charge in [-0.1, -0.05) is 78.9 Å². The first kappa shape index (κ1) is 40.6. The molecule has 0 amide bonds. The molecule has 11 aromatic carbocycles. The van der Waals surface area contributed by atoms with Gasteiger partial charge < -0.3 is 0 Å². The monoisotopic (exact) mass is 1010 g/mol. The van der Waals surface area contributed by atoms with Crippen LogP contribution in [0.5, 0.6) is 23.0 Å². The Balaban J connectivity index is 1.04. The van der Waals surface area contributed by atoms with Gasteiger partial charge in [0.25, 0.3) is 0 Å². The van der Waals surface area contributed by atoms with Crippen LogP contribution in [0.1, 0.15) is 0 Å². The van der Waals surface area contributed by atoms with Crippen LogP contribution in [-0.2, 0) is 0 Å². The predicted molar refractivity (Wildman–Crippen MR) is 308 cm³/mol. The van der Waals surface area contributed by atoms with Crippen molar-refractivity contribution in [2.24, 2.45) is 0 Å². The fraction of sp³-hybridized carbons (Fsp3) is 0. The first-order valence-electron chi connectivity index (χ1n) is 25.3. The van der Waals surface area contributed by atoms with Gasteiger partial charge in [-0.05, 0) is 18.2 Å². The molecule has 0 saturated carbocycles. The molecule has 0 atom stereocenters. The minimum atomic E-state index is -0.180. The quantitative estimate of drug-likeness (QED) is 0.164. The molecule has 5 nitrogen and oxygen atoms in total. The molecule has 8 heteroatoms. The number of hydrogen-bond acceptors (Lipinski definition) is 5. The van der Waals surface area contributed by atoms with Gasteiger partial charge in [-0.25, -0.2) is 0 Å². The van der Waals surface area contributed by atoms with Gasteiger partial charge in [0.15, 0.2) is 0 Å². The van der Waals surface area contributed by atoms with Crippen LogP contribution in [0, 0.1) is 0 Å². The molecular formula is C66H38B2N2O3Se. The van der Waals surface area contributed by atoms with Crippen LogP contribution in [0.2, 0.25) is 0 Å². The van der Waals surface area contributed by atoms with Crippen LogP contribution in [-0.4, -0.2) is 27.9 Å². The first-order chi connectivity index (χ1) is 36.7. The molecular weight excluding hydrogens is 969 g/mol. The molecule has 0 saturated heterocycles. The van der Waals surface area contributed by atoms with Crippen LogP contribution < -0.4 is 52.1 Å². The minimum absolute atomic E-state index is 0.101. The van der Waals surface area contributed by atoms with Crippen molar-refractivity contribution >= 4 is 136 Å². The Morgan fingerprint density at radius 3 is 1.82 bits per heavy atom. The molecule has 2 aromatic heterocycles. The molecule has 0 fully saturated rings. The van der Waals surface area contributed by atoms with Crippen molar-refractivity contribution in [3.63, 3.8) is 0 Å². The Labute approximate surface area is 433 Å². The van der Waals surface area contributed by atoms with E-state index in [0.717, 1.165) is 118 Å². The summed E-state index contributed by atoms with van der Waals surface area (Å²) in [5.74, 6) is 3.52. The van der Waals surface area contributed by atoms with Crippen LogP contribution in [0.4, 0.5) is 34.1 Å². The van der Waals surface area contributed by atoms with Gasteiger partial charge in [-0.2, -0.15) is 0 Å². The number of rotatable bonds is 4. The van der Waals surface area contributed by atoms with Crippen molar-refractivity contribution in [2.75, 3.05) is 9.80 Å². The molecule has 74 heavy (non-hydrogen) atoms. The standard InChI is InChI=1S/C66H38B2N2O3Se/c1-4-19-39(20-5-1)42-27-18-28-43(40-21-6-2-7-22-40)64(42)70-51-36-55-49(68-47-30-13-16-33-54(47)73-66-61-45-26-11-17-34-58(45)74-59(61)38-57(72-55)63(66)68)35-48(51)67-46-29-12-14-31-50(46)69(41-23-8-3-9-24-41)65-60-44-25-10-15-32-53(44)71-56(60)37-52(70)62(65)67/h1-38H. The third-order valence-electron chi connectivity index (χ3n) is 15.9. The van der Waals surface area contributed by atoms with E-state index in [0.29, 0.717) is 0 Å². The van der Waals surface area contributed by atoms with Gasteiger partial charge >= 0.3 is 322 Å². The van der Waals surface area contributed by atoms with E-state index >= 15 is 0 Å². The van der Waals surface area contributed by atoms with E-state index in [-0.39, 0.29) is 27.9 Å². The minimum Gasteiger partial charge on any atom is -0.0616 e. The average Bonchev–Trinajstić information content (AvgIpc) is 4.14. The number of fused-ring (bicyclic) bond motifs is 16.